The summed E-state index contributed by atoms with van der Waals surface area (Å²) in [5.74, 6) is 3.40. The molecule has 0 fully saturated rings. The van der Waals surface area contributed by atoms with Crippen molar-refractivity contribution in [3.05, 3.63) is 64.2 Å². The normalized spacial score (nSPS) is 13.6. The summed E-state index contributed by atoms with van der Waals surface area (Å²) in [4.78, 5) is 0. The van der Waals surface area contributed by atoms with Gasteiger partial charge >= 0.3 is 18.0 Å². The Hall–Kier alpha value is -2.74. The van der Waals surface area contributed by atoms with Gasteiger partial charge in [-0.05, 0) is 67.0 Å². The van der Waals surface area contributed by atoms with Gasteiger partial charge in [-0.2, -0.15) is 26.3 Å². The second-order valence-electron chi connectivity index (χ2n) is 8.90. The van der Waals surface area contributed by atoms with Gasteiger partial charge in [-0.15, -0.1) is 0 Å². The van der Waals surface area contributed by atoms with Crippen LogP contribution in [0.4, 0.5) is 26.3 Å². The third kappa shape index (κ3) is 6.22. The molecule has 0 aliphatic heterocycles. The summed E-state index contributed by atoms with van der Waals surface area (Å²) in [6.45, 7) is 6.78. The number of ether oxygens (including phenoxy) is 1. The van der Waals surface area contributed by atoms with Gasteiger partial charge in [0.25, 0.3) is 0 Å². The Morgan fingerprint density at radius 1 is 0.865 bits per heavy atom. The Morgan fingerprint density at radius 2 is 1.38 bits per heavy atom. The molecule has 2 rings (SSSR count). The van der Waals surface area contributed by atoms with Crippen molar-refractivity contribution >= 4 is 0 Å². The summed E-state index contributed by atoms with van der Waals surface area (Å²) in [7, 11) is 0. The van der Waals surface area contributed by atoms with Crippen LogP contribution in [0, 0.1) is 25.7 Å². The van der Waals surface area contributed by atoms with E-state index in [1.54, 1.807) is 18.2 Å². The molecule has 10 heteroatoms. The number of alkyl halides is 6. The van der Waals surface area contributed by atoms with E-state index in [2.05, 4.69) is 0 Å². The minimum absolute atomic E-state index is 0.0702. The van der Waals surface area contributed by atoms with Gasteiger partial charge in [-0.3, -0.25) is 0 Å². The molecule has 0 spiro atoms. The fourth-order valence-electron chi connectivity index (χ4n) is 4.14. The zero-order chi connectivity index (χ0) is 28.2. The Balaban J connectivity index is 2.50. The number of halogens is 6. The quantitative estimate of drug-likeness (QED) is 0.317. The van der Waals surface area contributed by atoms with E-state index in [-0.39, 0.29) is 12.2 Å². The molecule has 0 unspecified atom stereocenters. The van der Waals surface area contributed by atoms with Gasteiger partial charge in [-0.25, -0.2) is 0 Å². The first-order valence-electron chi connectivity index (χ1n) is 11.6. The first kappa shape index (κ1) is 30.5. The summed E-state index contributed by atoms with van der Waals surface area (Å²) in [5.41, 5.74) is -2.87. The molecule has 0 amide bonds. The van der Waals surface area contributed by atoms with Gasteiger partial charge < -0.3 is 20.1 Å². The highest BCUT2D eigenvalue weighted by molar-refractivity contribution is 5.50. The zero-order valence-electron chi connectivity index (χ0n) is 20.9. The largest absolute Gasteiger partial charge is 0.491 e. The minimum Gasteiger partial charge on any atom is -0.491 e. The van der Waals surface area contributed by atoms with Crippen LogP contribution in [0.3, 0.4) is 0 Å². The highest BCUT2D eigenvalue weighted by atomic mass is 19.4. The highest BCUT2D eigenvalue weighted by Crippen LogP contribution is 2.43. The molecule has 0 bridgehead atoms. The molecule has 0 aromatic heterocycles. The molecule has 0 radical (unpaired) electrons. The van der Waals surface area contributed by atoms with Gasteiger partial charge in [0.05, 0.1) is 6.61 Å². The fraction of sp³-hybridized carbons (Fsp3) is 0.481. The van der Waals surface area contributed by atoms with E-state index in [1.165, 1.54) is 13.0 Å². The van der Waals surface area contributed by atoms with Gasteiger partial charge in [0, 0.05) is 11.0 Å². The van der Waals surface area contributed by atoms with Gasteiger partial charge in [0.1, 0.15) is 18.5 Å². The number of hydrogen-bond donors (Lipinski definition) is 3. The third-order valence-corrected chi connectivity index (χ3v) is 6.55. The molecule has 0 aliphatic rings. The summed E-state index contributed by atoms with van der Waals surface area (Å²) in [6.07, 6.45) is -11.8. The number of aliphatic hydroxyl groups excluding tert-OH is 2. The molecule has 204 valence electrons. The van der Waals surface area contributed by atoms with Crippen molar-refractivity contribution in [3.8, 4) is 17.6 Å². The molecule has 0 saturated heterocycles. The maximum absolute atomic E-state index is 13.0. The lowest BCUT2D eigenvalue weighted by molar-refractivity contribution is -0.343. The number of benzene rings is 2. The van der Waals surface area contributed by atoms with Crippen LogP contribution in [0.15, 0.2) is 36.4 Å². The van der Waals surface area contributed by atoms with E-state index >= 15 is 0 Å². The van der Waals surface area contributed by atoms with Crippen LogP contribution in [0.5, 0.6) is 5.75 Å². The average Bonchev–Trinajstić information content (AvgIpc) is 2.82. The predicted molar refractivity (Wildman–Crippen MR) is 126 cm³/mol. The van der Waals surface area contributed by atoms with Crippen LogP contribution >= 0.6 is 0 Å². The van der Waals surface area contributed by atoms with Crippen molar-refractivity contribution < 1.29 is 46.4 Å². The number of aryl methyl sites for hydroxylation is 2. The zero-order valence-corrected chi connectivity index (χ0v) is 20.9. The summed E-state index contributed by atoms with van der Waals surface area (Å²) in [5, 5.41) is 27.8. The van der Waals surface area contributed by atoms with E-state index in [0.29, 0.717) is 24.2 Å². The summed E-state index contributed by atoms with van der Waals surface area (Å²) >= 11 is 0. The molecule has 2 aromatic carbocycles. The fourth-order valence-corrected chi connectivity index (χ4v) is 4.14. The maximum Gasteiger partial charge on any atom is 0.438 e. The second kappa shape index (κ2) is 11.3. The molecule has 2 aromatic rings. The molecule has 0 heterocycles. The number of aliphatic hydroxyl groups is 3. The van der Waals surface area contributed by atoms with E-state index < -0.39 is 36.1 Å². The van der Waals surface area contributed by atoms with E-state index in [1.807, 2.05) is 38.8 Å². The number of hydrogen-bond acceptors (Lipinski definition) is 4. The standard InChI is InChI=1S/C27H30F6O4/c1-5-24(6-2,21-9-10-23(18(4)14-21)37-16-22(35)15-34)20-8-7-19(17(3)13-20)11-12-25(36,26(28,29)30)27(31,32)33/h7-10,13-14,22,34-36H,5-6,15-16H2,1-4H3/t22-/m0/s1. The lowest BCUT2D eigenvalue weighted by atomic mass is 9.70. The van der Waals surface area contributed by atoms with Crippen molar-refractivity contribution in [2.24, 2.45) is 0 Å². The summed E-state index contributed by atoms with van der Waals surface area (Å²) < 4.78 is 83.4. The van der Waals surface area contributed by atoms with Crippen molar-refractivity contribution in [2.45, 2.75) is 70.0 Å². The van der Waals surface area contributed by atoms with Crippen molar-refractivity contribution in [2.75, 3.05) is 13.2 Å². The van der Waals surface area contributed by atoms with Crippen LogP contribution in [0.25, 0.3) is 0 Å². The Morgan fingerprint density at radius 3 is 1.81 bits per heavy atom. The Bertz CT molecular complexity index is 1130. The smallest absolute Gasteiger partial charge is 0.438 e. The first-order chi connectivity index (χ1) is 17.1. The molecular formula is C27H30F6O4. The second-order valence-corrected chi connectivity index (χ2v) is 8.90. The minimum atomic E-state index is -6.02. The average molecular weight is 533 g/mol. The first-order valence-corrected chi connectivity index (χ1v) is 11.6. The molecule has 1 atom stereocenters. The molecular weight excluding hydrogens is 502 g/mol. The van der Waals surface area contributed by atoms with Crippen molar-refractivity contribution in [3.63, 3.8) is 0 Å². The SMILES string of the molecule is CCC(CC)(c1ccc(C#CC(O)(C(F)(F)F)C(F)(F)F)c(C)c1)c1ccc(OC[C@@H](O)CO)c(C)c1. The monoisotopic (exact) mass is 532 g/mol. The topological polar surface area (TPSA) is 69.9 Å². The summed E-state index contributed by atoms with van der Waals surface area (Å²) in [6, 6.07) is 10.2. The van der Waals surface area contributed by atoms with Crippen LogP contribution in [0.2, 0.25) is 0 Å². The van der Waals surface area contributed by atoms with Gasteiger partial charge in [-0.1, -0.05) is 44.0 Å². The van der Waals surface area contributed by atoms with Crippen LogP contribution in [0.1, 0.15) is 54.5 Å². The molecule has 0 saturated carbocycles. The maximum atomic E-state index is 13.0. The predicted octanol–water partition coefficient (Wildman–Crippen LogP) is 5.35. The Labute approximate surface area is 211 Å². The number of rotatable bonds is 8. The van der Waals surface area contributed by atoms with Crippen LogP contribution in [-0.4, -0.2) is 52.6 Å². The highest BCUT2D eigenvalue weighted by Gasteiger charge is 2.70. The van der Waals surface area contributed by atoms with Crippen molar-refractivity contribution in [1.82, 2.24) is 0 Å². The van der Waals surface area contributed by atoms with Crippen LogP contribution < -0.4 is 4.74 Å². The van der Waals surface area contributed by atoms with E-state index in [9.17, 15) is 36.6 Å². The van der Waals surface area contributed by atoms with E-state index in [0.717, 1.165) is 22.6 Å². The van der Waals surface area contributed by atoms with Gasteiger partial charge in [0.15, 0.2) is 0 Å². The molecule has 37 heavy (non-hydrogen) atoms. The lowest BCUT2D eigenvalue weighted by Gasteiger charge is -2.34. The molecule has 0 aliphatic carbocycles. The van der Waals surface area contributed by atoms with Gasteiger partial charge in [0.2, 0.25) is 0 Å². The molecule has 4 nitrogen and oxygen atoms in total. The van der Waals surface area contributed by atoms with E-state index in [4.69, 9.17) is 9.84 Å². The molecule has 3 N–H and O–H groups in total. The Kier molecular flexibility index (Phi) is 9.34. The third-order valence-electron chi connectivity index (χ3n) is 6.55. The van der Waals surface area contributed by atoms with Crippen LogP contribution in [-0.2, 0) is 5.41 Å². The lowest BCUT2D eigenvalue weighted by Crippen LogP contribution is -2.55. The van der Waals surface area contributed by atoms with Crippen molar-refractivity contribution in [1.29, 1.82) is 0 Å².